The quantitative estimate of drug-likeness (QED) is 0.807. The molecule has 1 aromatic heterocycles. The molecule has 9 heteroatoms. The second-order valence-electron chi connectivity index (χ2n) is 3.49. The van der Waals surface area contributed by atoms with Crippen molar-refractivity contribution in [1.82, 2.24) is 14.8 Å². The Morgan fingerprint density at radius 3 is 2.78 bits per heavy atom. The first-order chi connectivity index (χ1) is 8.53. The van der Waals surface area contributed by atoms with Gasteiger partial charge in [0.15, 0.2) is 0 Å². The predicted octanol–water partition coefficient (Wildman–Crippen LogP) is 0.879. The highest BCUT2D eigenvalue weighted by atomic mass is 32.2. The number of aryl methyl sites for hydroxylation is 1. The van der Waals surface area contributed by atoms with Crippen LogP contribution >= 0.6 is 11.5 Å². The summed E-state index contributed by atoms with van der Waals surface area (Å²) in [5.41, 5.74) is 7.14. The van der Waals surface area contributed by atoms with E-state index in [1.54, 1.807) is 6.07 Å². The summed E-state index contributed by atoms with van der Waals surface area (Å²) in [6, 6.07) is 4.63. The number of benzene rings is 1. The number of hydrogen-bond donors (Lipinski definition) is 2. The maximum absolute atomic E-state index is 12.0. The summed E-state index contributed by atoms with van der Waals surface area (Å²) < 4.78 is 29.7. The van der Waals surface area contributed by atoms with Gasteiger partial charge in [-0.1, -0.05) is 22.6 Å². The fourth-order valence-corrected chi connectivity index (χ4v) is 3.03. The molecule has 0 bridgehead atoms. The summed E-state index contributed by atoms with van der Waals surface area (Å²) in [7, 11) is -3.69. The fourth-order valence-electron chi connectivity index (χ4n) is 1.41. The molecule has 0 unspecified atom stereocenters. The van der Waals surface area contributed by atoms with Gasteiger partial charge in [-0.15, -0.1) is 0 Å². The Morgan fingerprint density at radius 1 is 1.44 bits per heavy atom. The number of anilines is 2. The van der Waals surface area contributed by atoms with E-state index in [0.717, 1.165) is 23.5 Å². The lowest BCUT2D eigenvalue weighted by molar-refractivity contribution is 0.601. The average molecular weight is 285 g/mol. The third kappa shape index (κ3) is 2.57. The Morgan fingerprint density at radius 2 is 2.22 bits per heavy atom. The molecule has 0 saturated carbocycles. The molecule has 1 aromatic carbocycles. The fraction of sp³-hybridized carbons (Fsp3) is 0.222. The van der Waals surface area contributed by atoms with E-state index in [2.05, 4.69) is 19.5 Å². The minimum atomic E-state index is -3.69. The second kappa shape index (κ2) is 4.86. The number of nitrogen functional groups attached to an aromatic ring is 1. The molecular weight excluding hydrogens is 274 g/mol. The maximum Gasteiger partial charge on any atom is 0.263 e. The molecule has 0 atom stereocenters. The Labute approximate surface area is 108 Å². The lowest BCUT2D eigenvalue weighted by Crippen LogP contribution is -2.13. The highest BCUT2D eigenvalue weighted by Crippen LogP contribution is 2.21. The zero-order valence-electron chi connectivity index (χ0n) is 9.49. The van der Waals surface area contributed by atoms with E-state index in [1.165, 1.54) is 12.1 Å². The van der Waals surface area contributed by atoms with Gasteiger partial charge in [-0.3, -0.25) is 4.72 Å². The molecule has 0 aliphatic rings. The number of nitrogens with zero attached hydrogens (tertiary/aromatic N) is 3. The van der Waals surface area contributed by atoms with Crippen LogP contribution in [0.4, 0.5) is 10.8 Å². The maximum atomic E-state index is 12.0. The molecule has 0 fully saturated rings. The summed E-state index contributed by atoms with van der Waals surface area (Å²) in [6.07, 6.45) is 0.750. The van der Waals surface area contributed by atoms with E-state index in [1.807, 2.05) is 6.92 Å². The van der Waals surface area contributed by atoms with Gasteiger partial charge in [0, 0.05) is 17.2 Å². The summed E-state index contributed by atoms with van der Waals surface area (Å²) in [4.78, 5) is 0.0902. The first-order valence-corrected chi connectivity index (χ1v) is 7.35. The zero-order valence-corrected chi connectivity index (χ0v) is 11.1. The Bertz CT molecular complexity index is 639. The van der Waals surface area contributed by atoms with E-state index >= 15 is 0 Å². The van der Waals surface area contributed by atoms with Crippen molar-refractivity contribution < 1.29 is 8.42 Å². The molecule has 0 radical (unpaired) electrons. The summed E-state index contributed by atoms with van der Waals surface area (Å²) in [6.45, 7) is 1.95. The number of nitrogens with two attached hydrogens (primary N) is 1. The van der Waals surface area contributed by atoms with Crippen molar-refractivity contribution in [2.75, 3.05) is 10.5 Å². The van der Waals surface area contributed by atoms with Crippen LogP contribution in [0.25, 0.3) is 0 Å². The summed E-state index contributed by atoms with van der Waals surface area (Å²) >= 11 is 0.863. The predicted molar refractivity (Wildman–Crippen MR) is 68.7 cm³/mol. The Hall–Kier alpha value is -1.74. The third-order valence-corrected chi connectivity index (χ3v) is 4.31. The Balaban J connectivity index is 2.33. The molecule has 2 aromatic rings. The van der Waals surface area contributed by atoms with E-state index in [9.17, 15) is 8.42 Å². The summed E-state index contributed by atoms with van der Waals surface area (Å²) in [5, 5.41) is 6.95. The second-order valence-corrected chi connectivity index (χ2v) is 5.90. The van der Waals surface area contributed by atoms with Gasteiger partial charge in [-0.25, -0.2) is 8.42 Å². The summed E-state index contributed by atoms with van der Waals surface area (Å²) in [5.74, 6) is 0. The number of hydrogen-bond acceptors (Lipinski definition) is 7. The van der Waals surface area contributed by atoms with Gasteiger partial charge in [-0.2, -0.15) is 0 Å². The van der Waals surface area contributed by atoms with Gasteiger partial charge in [0.2, 0.25) is 5.13 Å². The largest absolute Gasteiger partial charge is 0.398 e. The van der Waals surface area contributed by atoms with Crippen molar-refractivity contribution in [1.29, 1.82) is 0 Å². The standard InChI is InChI=1S/C9H11N5O2S2/c1-2-6-3-4-7(5-8(6)10)18(15,16)12-9-11-13-14-17-9/h3-5H,2,10H2,1H3,(H,11,12,14). The first-order valence-electron chi connectivity index (χ1n) is 5.09. The van der Waals surface area contributed by atoms with Crippen molar-refractivity contribution in [3.8, 4) is 0 Å². The van der Waals surface area contributed by atoms with Crippen LogP contribution in [-0.2, 0) is 16.4 Å². The smallest absolute Gasteiger partial charge is 0.263 e. The van der Waals surface area contributed by atoms with E-state index in [-0.39, 0.29) is 10.0 Å². The van der Waals surface area contributed by atoms with Gasteiger partial charge in [0.05, 0.1) is 4.90 Å². The van der Waals surface area contributed by atoms with Gasteiger partial charge in [-0.05, 0) is 29.3 Å². The van der Waals surface area contributed by atoms with Gasteiger partial charge < -0.3 is 5.73 Å². The normalized spacial score (nSPS) is 11.4. The van der Waals surface area contributed by atoms with Crippen LogP contribution in [0.15, 0.2) is 23.1 Å². The molecule has 3 N–H and O–H groups in total. The molecule has 18 heavy (non-hydrogen) atoms. The number of aromatic nitrogens is 3. The number of rotatable bonds is 4. The lowest BCUT2D eigenvalue weighted by Gasteiger charge is -2.07. The van der Waals surface area contributed by atoms with Crippen molar-refractivity contribution in [2.45, 2.75) is 18.2 Å². The van der Waals surface area contributed by atoms with Crippen LogP contribution < -0.4 is 10.5 Å². The Kier molecular flexibility index (Phi) is 3.43. The van der Waals surface area contributed by atoms with Crippen LogP contribution in [0.2, 0.25) is 0 Å². The van der Waals surface area contributed by atoms with Crippen molar-refractivity contribution in [2.24, 2.45) is 0 Å². The minimum absolute atomic E-state index is 0.0902. The molecule has 0 aliphatic heterocycles. The topological polar surface area (TPSA) is 111 Å². The van der Waals surface area contributed by atoms with E-state index < -0.39 is 10.0 Å². The number of sulfonamides is 1. The lowest BCUT2D eigenvalue weighted by atomic mass is 10.1. The van der Waals surface area contributed by atoms with Gasteiger partial charge in [0.25, 0.3) is 10.0 Å². The first kappa shape index (κ1) is 12.7. The molecule has 7 nitrogen and oxygen atoms in total. The SMILES string of the molecule is CCc1ccc(S(=O)(=O)Nc2nnns2)cc1N. The van der Waals surface area contributed by atoms with Crippen molar-refractivity contribution >= 4 is 32.4 Å². The van der Waals surface area contributed by atoms with E-state index in [0.29, 0.717) is 5.69 Å². The zero-order chi connectivity index (χ0) is 13.2. The van der Waals surface area contributed by atoms with E-state index in [4.69, 9.17) is 5.73 Å². The van der Waals surface area contributed by atoms with Gasteiger partial charge >= 0.3 is 0 Å². The molecule has 0 amide bonds. The number of nitrogens with one attached hydrogen (secondary N) is 1. The monoisotopic (exact) mass is 285 g/mol. The molecular formula is C9H11N5O2S2. The molecule has 1 heterocycles. The molecule has 0 spiro atoms. The minimum Gasteiger partial charge on any atom is -0.398 e. The van der Waals surface area contributed by atoms with Crippen LogP contribution in [0.1, 0.15) is 12.5 Å². The molecule has 96 valence electrons. The van der Waals surface area contributed by atoms with Crippen LogP contribution in [0.3, 0.4) is 0 Å². The van der Waals surface area contributed by atoms with Crippen LogP contribution in [-0.4, -0.2) is 23.2 Å². The van der Waals surface area contributed by atoms with Crippen molar-refractivity contribution in [3.05, 3.63) is 23.8 Å². The third-order valence-electron chi connectivity index (χ3n) is 2.33. The van der Waals surface area contributed by atoms with Crippen LogP contribution in [0.5, 0.6) is 0 Å². The van der Waals surface area contributed by atoms with Gasteiger partial charge in [0.1, 0.15) is 0 Å². The van der Waals surface area contributed by atoms with Crippen molar-refractivity contribution in [3.63, 3.8) is 0 Å². The molecule has 0 aliphatic carbocycles. The van der Waals surface area contributed by atoms with Crippen LogP contribution in [0, 0.1) is 0 Å². The average Bonchev–Trinajstić information content (AvgIpc) is 2.81. The highest BCUT2D eigenvalue weighted by molar-refractivity contribution is 7.93. The molecule has 2 rings (SSSR count). The molecule has 0 saturated heterocycles. The highest BCUT2D eigenvalue weighted by Gasteiger charge is 2.17.